The molecule has 1 aliphatic rings. The first-order valence-electron chi connectivity index (χ1n) is 5.39. The summed E-state index contributed by atoms with van der Waals surface area (Å²) >= 11 is 0. The molecule has 1 aliphatic heterocycles. The molecule has 0 atom stereocenters. The molecule has 1 aromatic rings. The zero-order valence-corrected chi connectivity index (χ0v) is 8.93. The van der Waals surface area contributed by atoms with Crippen molar-refractivity contribution < 1.29 is 13.9 Å². The number of carbonyl (C=O) groups is 1. The number of hydrogen-bond acceptors (Lipinski definition) is 2. The Morgan fingerprint density at radius 2 is 1.88 bits per heavy atom. The summed E-state index contributed by atoms with van der Waals surface area (Å²) < 4.78 is 18.4. The van der Waals surface area contributed by atoms with E-state index in [2.05, 4.69) is 0 Å². The number of likely N-dealkylation sites (tertiary alicyclic amines) is 1. The summed E-state index contributed by atoms with van der Waals surface area (Å²) in [4.78, 5) is 12.2. The maximum Gasteiger partial charge on any atom is 0.209 e. The van der Waals surface area contributed by atoms with Crippen molar-refractivity contribution in [3.05, 3.63) is 30.1 Å². The van der Waals surface area contributed by atoms with Crippen LogP contribution in [0.5, 0.6) is 5.75 Å². The third-order valence-corrected chi connectivity index (χ3v) is 2.74. The minimum Gasteiger partial charge on any atom is -0.490 e. The van der Waals surface area contributed by atoms with Crippen LogP contribution in [0.4, 0.5) is 4.39 Å². The highest BCUT2D eigenvalue weighted by atomic mass is 19.1. The molecule has 1 aromatic carbocycles. The van der Waals surface area contributed by atoms with E-state index in [0.717, 1.165) is 32.3 Å². The van der Waals surface area contributed by atoms with E-state index in [-0.39, 0.29) is 11.9 Å². The third kappa shape index (κ3) is 2.72. The largest absolute Gasteiger partial charge is 0.490 e. The topological polar surface area (TPSA) is 29.5 Å². The number of benzene rings is 1. The molecular weight excluding hydrogens is 209 g/mol. The van der Waals surface area contributed by atoms with Crippen molar-refractivity contribution in [2.75, 3.05) is 13.1 Å². The lowest BCUT2D eigenvalue weighted by Gasteiger charge is -2.29. The Balaban J connectivity index is 1.86. The smallest absolute Gasteiger partial charge is 0.209 e. The van der Waals surface area contributed by atoms with Crippen molar-refractivity contribution in [2.24, 2.45) is 0 Å². The fourth-order valence-corrected chi connectivity index (χ4v) is 1.80. The van der Waals surface area contributed by atoms with E-state index in [4.69, 9.17) is 4.74 Å². The first-order valence-corrected chi connectivity index (χ1v) is 5.39. The van der Waals surface area contributed by atoms with E-state index >= 15 is 0 Å². The van der Waals surface area contributed by atoms with Gasteiger partial charge >= 0.3 is 0 Å². The molecule has 0 N–H and O–H groups in total. The molecule has 0 aromatic heterocycles. The van der Waals surface area contributed by atoms with Crippen LogP contribution in [0.25, 0.3) is 0 Å². The van der Waals surface area contributed by atoms with Crippen LogP contribution in [0.2, 0.25) is 0 Å². The number of ether oxygens (including phenoxy) is 1. The number of amides is 1. The summed E-state index contributed by atoms with van der Waals surface area (Å²) in [5.41, 5.74) is 0. The molecule has 4 heteroatoms. The van der Waals surface area contributed by atoms with Crippen molar-refractivity contribution in [1.29, 1.82) is 0 Å². The fraction of sp³-hybridized carbons (Fsp3) is 0.417. The van der Waals surface area contributed by atoms with Crippen molar-refractivity contribution in [1.82, 2.24) is 4.90 Å². The van der Waals surface area contributed by atoms with Crippen molar-refractivity contribution in [3.8, 4) is 5.75 Å². The quantitative estimate of drug-likeness (QED) is 0.731. The minimum absolute atomic E-state index is 0.127. The van der Waals surface area contributed by atoms with Gasteiger partial charge in [0.25, 0.3) is 0 Å². The predicted octanol–water partition coefficient (Wildman–Crippen LogP) is 1.83. The van der Waals surface area contributed by atoms with Gasteiger partial charge in [-0.25, -0.2) is 4.39 Å². The number of rotatable bonds is 3. The molecule has 2 rings (SSSR count). The molecule has 0 radical (unpaired) electrons. The standard InChI is InChI=1S/C12H14FNO2/c13-10-1-3-11(4-2-10)16-12-5-7-14(9-15)8-6-12/h1-4,9,12H,5-8H2. The van der Waals surface area contributed by atoms with Gasteiger partial charge in [0, 0.05) is 25.9 Å². The van der Waals surface area contributed by atoms with E-state index in [0.29, 0.717) is 5.75 Å². The number of halogens is 1. The lowest BCUT2D eigenvalue weighted by molar-refractivity contribution is -0.119. The van der Waals surface area contributed by atoms with Gasteiger partial charge in [0.1, 0.15) is 17.7 Å². The summed E-state index contributed by atoms with van der Waals surface area (Å²) in [6.45, 7) is 1.46. The average molecular weight is 223 g/mol. The van der Waals surface area contributed by atoms with E-state index in [9.17, 15) is 9.18 Å². The monoisotopic (exact) mass is 223 g/mol. The third-order valence-electron chi connectivity index (χ3n) is 2.74. The second-order valence-corrected chi connectivity index (χ2v) is 3.91. The van der Waals surface area contributed by atoms with Crippen LogP contribution in [0.3, 0.4) is 0 Å². The summed E-state index contributed by atoms with van der Waals surface area (Å²) in [5.74, 6) is 0.425. The molecule has 0 saturated carbocycles. The lowest BCUT2D eigenvalue weighted by atomic mass is 10.1. The van der Waals surface area contributed by atoms with Crippen LogP contribution in [-0.4, -0.2) is 30.5 Å². The molecule has 86 valence electrons. The molecule has 0 unspecified atom stereocenters. The molecule has 1 heterocycles. The second-order valence-electron chi connectivity index (χ2n) is 3.91. The van der Waals surface area contributed by atoms with E-state index in [1.807, 2.05) is 0 Å². The molecule has 1 amide bonds. The first kappa shape index (κ1) is 10.9. The number of hydrogen-bond donors (Lipinski definition) is 0. The lowest BCUT2D eigenvalue weighted by Crippen LogP contribution is -2.37. The molecule has 16 heavy (non-hydrogen) atoms. The Hall–Kier alpha value is -1.58. The molecule has 1 saturated heterocycles. The Labute approximate surface area is 93.8 Å². The van der Waals surface area contributed by atoms with Gasteiger partial charge in [-0.05, 0) is 24.3 Å². The normalized spacial score (nSPS) is 17.2. The van der Waals surface area contributed by atoms with Crippen molar-refractivity contribution in [3.63, 3.8) is 0 Å². The summed E-state index contributed by atoms with van der Waals surface area (Å²) in [7, 11) is 0. The zero-order valence-electron chi connectivity index (χ0n) is 8.93. The maximum absolute atomic E-state index is 12.7. The van der Waals surface area contributed by atoms with Crippen LogP contribution in [0.15, 0.2) is 24.3 Å². The second kappa shape index (κ2) is 4.96. The predicted molar refractivity (Wildman–Crippen MR) is 57.7 cm³/mol. The van der Waals surface area contributed by atoms with Crippen LogP contribution in [-0.2, 0) is 4.79 Å². The SMILES string of the molecule is O=CN1CCC(Oc2ccc(F)cc2)CC1. The van der Waals surface area contributed by atoms with Crippen LogP contribution < -0.4 is 4.74 Å². The minimum atomic E-state index is -0.261. The van der Waals surface area contributed by atoms with Gasteiger partial charge in [0.05, 0.1) is 0 Å². The summed E-state index contributed by atoms with van der Waals surface area (Å²) in [6, 6.07) is 6.02. The van der Waals surface area contributed by atoms with Crippen molar-refractivity contribution >= 4 is 6.41 Å². The Morgan fingerprint density at radius 1 is 1.25 bits per heavy atom. The van der Waals surface area contributed by atoms with E-state index in [1.54, 1.807) is 17.0 Å². The molecule has 0 aliphatic carbocycles. The maximum atomic E-state index is 12.7. The highest BCUT2D eigenvalue weighted by Crippen LogP contribution is 2.18. The Morgan fingerprint density at radius 3 is 2.44 bits per heavy atom. The van der Waals surface area contributed by atoms with Gasteiger partial charge in [-0.15, -0.1) is 0 Å². The molecule has 3 nitrogen and oxygen atoms in total. The van der Waals surface area contributed by atoms with Gasteiger partial charge in [-0.2, -0.15) is 0 Å². The molecule has 1 fully saturated rings. The Bertz CT molecular complexity index is 345. The van der Waals surface area contributed by atoms with Crippen molar-refractivity contribution in [2.45, 2.75) is 18.9 Å². The van der Waals surface area contributed by atoms with Gasteiger partial charge in [0.15, 0.2) is 0 Å². The van der Waals surface area contributed by atoms with Gasteiger partial charge in [-0.1, -0.05) is 0 Å². The Kier molecular flexibility index (Phi) is 3.39. The van der Waals surface area contributed by atoms with Crippen LogP contribution in [0.1, 0.15) is 12.8 Å². The zero-order chi connectivity index (χ0) is 11.4. The number of nitrogens with zero attached hydrogens (tertiary/aromatic N) is 1. The fourth-order valence-electron chi connectivity index (χ4n) is 1.80. The van der Waals surface area contributed by atoms with Gasteiger partial charge < -0.3 is 9.64 Å². The first-order chi connectivity index (χ1) is 7.78. The number of carbonyl (C=O) groups excluding carboxylic acids is 1. The molecule has 0 spiro atoms. The van der Waals surface area contributed by atoms with E-state index in [1.165, 1.54) is 12.1 Å². The molecular formula is C12H14FNO2. The highest BCUT2D eigenvalue weighted by molar-refractivity contribution is 5.47. The van der Waals surface area contributed by atoms with Gasteiger partial charge in [0.2, 0.25) is 6.41 Å². The van der Waals surface area contributed by atoms with Crippen LogP contribution >= 0.6 is 0 Å². The van der Waals surface area contributed by atoms with E-state index < -0.39 is 0 Å². The number of piperidine rings is 1. The average Bonchev–Trinajstić information content (AvgIpc) is 2.33. The molecule has 0 bridgehead atoms. The van der Waals surface area contributed by atoms with Gasteiger partial charge in [-0.3, -0.25) is 4.79 Å². The summed E-state index contributed by atoms with van der Waals surface area (Å²) in [6.07, 6.45) is 2.65. The summed E-state index contributed by atoms with van der Waals surface area (Å²) in [5, 5.41) is 0. The highest BCUT2D eigenvalue weighted by Gasteiger charge is 2.19. The van der Waals surface area contributed by atoms with Crippen LogP contribution in [0, 0.1) is 5.82 Å².